The van der Waals surface area contributed by atoms with Crippen LogP contribution in [0.15, 0.2) is 60.2 Å². The minimum Gasteiger partial charge on any atom is -0.388 e. The van der Waals surface area contributed by atoms with Gasteiger partial charge >= 0.3 is 0 Å². The number of hydrogen-bond acceptors (Lipinski definition) is 1. The maximum absolute atomic E-state index is 10.1. The molecule has 1 nitrogen and oxygen atoms in total. The van der Waals surface area contributed by atoms with Gasteiger partial charge in [-0.3, -0.25) is 0 Å². The number of benzene rings is 1. The maximum Gasteiger partial charge on any atom is 0.0793 e. The summed E-state index contributed by atoms with van der Waals surface area (Å²) in [7, 11) is 0. The van der Waals surface area contributed by atoms with Crippen LogP contribution in [-0.2, 0) is 0 Å². The van der Waals surface area contributed by atoms with E-state index in [4.69, 9.17) is 23.2 Å². The van der Waals surface area contributed by atoms with Crippen molar-refractivity contribution in [3.8, 4) is 0 Å². The van der Waals surface area contributed by atoms with E-state index >= 15 is 0 Å². The molecule has 0 heterocycles. The number of allylic oxidation sites excluding steroid dienone is 6. The first kappa shape index (κ1) is 14.4. The molecular weight excluding hydrogens is 279 g/mol. The predicted molar refractivity (Wildman–Crippen MR) is 81.6 cm³/mol. The topological polar surface area (TPSA) is 20.2 Å². The highest BCUT2D eigenvalue weighted by molar-refractivity contribution is 6.30. The summed E-state index contributed by atoms with van der Waals surface area (Å²) < 4.78 is 0. The predicted octanol–water partition coefficient (Wildman–Crippen LogP) is 4.81. The van der Waals surface area contributed by atoms with Crippen LogP contribution in [-0.4, -0.2) is 10.5 Å². The summed E-state index contributed by atoms with van der Waals surface area (Å²) in [6, 6.07) is 7.32. The molecule has 19 heavy (non-hydrogen) atoms. The highest BCUT2D eigenvalue weighted by Crippen LogP contribution is 2.23. The van der Waals surface area contributed by atoms with Crippen LogP contribution in [0, 0.1) is 0 Å². The zero-order valence-corrected chi connectivity index (χ0v) is 12.0. The van der Waals surface area contributed by atoms with Crippen molar-refractivity contribution in [3.05, 3.63) is 70.8 Å². The number of aliphatic hydroxyl groups is 1. The van der Waals surface area contributed by atoms with Crippen molar-refractivity contribution in [1.82, 2.24) is 0 Å². The van der Waals surface area contributed by atoms with E-state index in [2.05, 4.69) is 0 Å². The highest BCUT2D eigenvalue weighted by atomic mass is 35.5. The third-order valence-corrected chi connectivity index (χ3v) is 3.60. The van der Waals surface area contributed by atoms with Gasteiger partial charge in [-0.2, -0.15) is 0 Å². The normalized spacial score (nSPS) is 19.9. The molecule has 100 valence electrons. The van der Waals surface area contributed by atoms with Gasteiger partial charge in [-0.15, -0.1) is 11.6 Å². The van der Waals surface area contributed by atoms with Gasteiger partial charge in [-0.1, -0.05) is 54.1 Å². The van der Waals surface area contributed by atoms with Crippen molar-refractivity contribution in [1.29, 1.82) is 0 Å². The first-order valence-corrected chi connectivity index (χ1v) is 7.10. The molecule has 0 fully saturated rings. The smallest absolute Gasteiger partial charge is 0.0793 e. The molecule has 0 saturated heterocycles. The quantitative estimate of drug-likeness (QED) is 0.790. The molecule has 1 aliphatic rings. The number of hydrogen-bond donors (Lipinski definition) is 1. The van der Waals surface area contributed by atoms with Gasteiger partial charge in [-0.05, 0) is 36.1 Å². The van der Waals surface area contributed by atoms with Gasteiger partial charge in [0.05, 0.1) is 11.5 Å². The Morgan fingerprint density at radius 3 is 2.63 bits per heavy atom. The summed E-state index contributed by atoms with van der Waals surface area (Å²) in [5.74, 6) is 0. The molecule has 2 rings (SSSR count). The van der Waals surface area contributed by atoms with E-state index < -0.39 is 6.10 Å². The molecule has 0 spiro atoms. The Balaban J connectivity index is 1.92. The second-order valence-electron chi connectivity index (χ2n) is 4.54. The minimum absolute atomic E-state index is 0.0464. The lowest BCUT2D eigenvalue weighted by molar-refractivity contribution is 0.168. The molecule has 2 unspecified atom stereocenters. The van der Waals surface area contributed by atoms with Gasteiger partial charge in [-0.25, -0.2) is 0 Å². The zero-order valence-electron chi connectivity index (χ0n) is 10.5. The first-order valence-electron chi connectivity index (χ1n) is 6.28. The van der Waals surface area contributed by atoms with Crippen molar-refractivity contribution in [2.24, 2.45) is 0 Å². The number of aliphatic hydroxyl groups excluding tert-OH is 1. The fourth-order valence-corrected chi connectivity index (χ4v) is 2.22. The largest absolute Gasteiger partial charge is 0.388 e. The van der Waals surface area contributed by atoms with E-state index in [9.17, 15) is 5.11 Å². The molecule has 1 N–H and O–H groups in total. The van der Waals surface area contributed by atoms with Crippen molar-refractivity contribution < 1.29 is 5.11 Å². The summed E-state index contributed by atoms with van der Waals surface area (Å²) in [4.78, 5) is 0. The minimum atomic E-state index is -0.467. The number of halogens is 2. The summed E-state index contributed by atoms with van der Waals surface area (Å²) in [6.07, 6.45) is 10.9. The third kappa shape index (κ3) is 4.54. The van der Waals surface area contributed by atoms with E-state index in [1.807, 2.05) is 42.5 Å². The van der Waals surface area contributed by atoms with Crippen LogP contribution in [0.5, 0.6) is 0 Å². The average molecular weight is 295 g/mol. The van der Waals surface area contributed by atoms with Crippen molar-refractivity contribution in [2.75, 3.05) is 0 Å². The van der Waals surface area contributed by atoms with E-state index in [1.54, 1.807) is 12.1 Å². The zero-order chi connectivity index (χ0) is 13.7. The standard InChI is InChI=1S/C16H16Cl2O/c17-14-3-1-2-12(4-8-14)5-11-16(19)13-6-9-15(18)10-7-13/h1-4,6-10,14,16,19H,5,11H2. The van der Waals surface area contributed by atoms with E-state index in [0.717, 1.165) is 12.0 Å². The molecule has 0 bridgehead atoms. The Morgan fingerprint density at radius 1 is 1.16 bits per heavy atom. The average Bonchev–Trinajstić information content (AvgIpc) is 2.61. The molecule has 0 amide bonds. The molecule has 3 heteroatoms. The second-order valence-corrected chi connectivity index (χ2v) is 5.48. The maximum atomic E-state index is 10.1. The van der Waals surface area contributed by atoms with Crippen LogP contribution in [0.4, 0.5) is 0 Å². The molecule has 2 atom stereocenters. The Bertz CT molecular complexity index is 500. The molecule has 0 saturated carbocycles. The van der Waals surface area contributed by atoms with Gasteiger partial charge < -0.3 is 5.11 Å². The molecule has 1 aromatic carbocycles. The Labute approximate surface area is 123 Å². The van der Waals surface area contributed by atoms with Crippen LogP contribution < -0.4 is 0 Å². The molecular formula is C16H16Cl2O. The third-order valence-electron chi connectivity index (χ3n) is 3.06. The second kappa shape index (κ2) is 6.95. The van der Waals surface area contributed by atoms with Crippen LogP contribution in [0.3, 0.4) is 0 Å². The van der Waals surface area contributed by atoms with Gasteiger partial charge in [0.1, 0.15) is 0 Å². The molecule has 1 aromatic rings. The monoisotopic (exact) mass is 294 g/mol. The number of rotatable bonds is 4. The van der Waals surface area contributed by atoms with Crippen LogP contribution in [0.25, 0.3) is 0 Å². The number of alkyl halides is 1. The Kier molecular flexibility index (Phi) is 5.26. The van der Waals surface area contributed by atoms with Crippen molar-refractivity contribution >= 4 is 23.2 Å². The van der Waals surface area contributed by atoms with Crippen LogP contribution in [0.2, 0.25) is 5.02 Å². The van der Waals surface area contributed by atoms with Gasteiger partial charge in [0, 0.05) is 5.02 Å². The summed E-state index contributed by atoms with van der Waals surface area (Å²) >= 11 is 11.8. The Morgan fingerprint density at radius 2 is 1.89 bits per heavy atom. The van der Waals surface area contributed by atoms with Gasteiger partial charge in [0.15, 0.2) is 0 Å². The summed E-state index contributed by atoms with van der Waals surface area (Å²) in [6.45, 7) is 0. The van der Waals surface area contributed by atoms with E-state index in [-0.39, 0.29) is 5.38 Å². The fourth-order valence-electron chi connectivity index (χ4n) is 1.94. The van der Waals surface area contributed by atoms with Crippen LogP contribution in [0.1, 0.15) is 24.5 Å². The van der Waals surface area contributed by atoms with Crippen molar-refractivity contribution in [2.45, 2.75) is 24.3 Å². The Hall–Kier alpha value is -1.02. The molecule has 0 radical (unpaired) electrons. The lowest BCUT2D eigenvalue weighted by Crippen LogP contribution is -1.97. The van der Waals surface area contributed by atoms with E-state index in [0.29, 0.717) is 11.4 Å². The van der Waals surface area contributed by atoms with E-state index in [1.165, 1.54) is 5.57 Å². The SMILES string of the molecule is OC(CCC1=CC=CC(Cl)C=C1)c1ccc(Cl)cc1. The fraction of sp³-hybridized carbons (Fsp3) is 0.250. The lowest BCUT2D eigenvalue weighted by atomic mass is 10.0. The van der Waals surface area contributed by atoms with Crippen molar-refractivity contribution in [3.63, 3.8) is 0 Å². The summed E-state index contributed by atoms with van der Waals surface area (Å²) in [5, 5.41) is 10.8. The molecule has 0 aromatic heterocycles. The van der Waals surface area contributed by atoms with Gasteiger partial charge in [0.25, 0.3) is 0 Å². The summed E-state index contributed by atoms with van der Waals surface area (Å²) in [5.41, 5.74) is 2.07. The molecule has 0 aliphatic heterocycles. The lowest BCUT2D eigenvalue weighted by Gasteiger charge is -2.11. The first-order chi connectivity index (χ1) is 9.15. The van der Waals surface area contributed by atoms with Crippen LogP contribution >= 0.6 is 23.2 Å². The van der Waals surface area contributed by atoms with Gasteiger partial charge in [0.2, 0.25) is 0 Å². The molecule has 1 aliphatic carbocycles. The highest BCUT2D eigenvalue weighted by Gasteiger charge is 2.08.